The smallest absolute Gasteiger partial charge is 0.142 e. The van der Waals surface area contributed by atoms with Crippen molar-refractivity contribution in [1.29, 1.82) is 0 Å². The minimum atomic E-state index is -0.466. The summed E-state index contributed by atoms with van der Waals surface area (Å²) in [4.78, 5) is 0. The van der Waals surface area contributed by atoms with E-state index in [-0.39, 0.29) is 5.02 Å². The molecule has 0 aliphatic rings. The Bertz CT molecular complexity index is 612. The maximum absolute atomic E-state index is 13.3. The number of halogens is 3. The number of terminal acetylenes is 1. The summed E-state index contributed by atoms with van der Waals surface area (Å²) in [7, 11) is 0. The lowest BCUT2D eigenvalue weighted by molar-refractivity contribution is 0.629. The third-order valence-corrected chi connectivity index (χ3v) is 2.84. The van der Waals surface area contributed by atoms with Crippen LogP contribution in [-0.4, -0.2) is 0 Å². The van der Waals surface area contributed by atoms with E-state index in [1.807, 2.05) is 0 Å². The third kappa shape index (κ3) is 2.61. The van der Waals surface area contributed by atoms with Crippen molar-refractivity contribution in [2.24, 2.45) is 0 Å². The molecular formula is C14H7Cl2F. The van der Waals surface area contributed by atoms with Gasteiger partial charge in [-0.15, -0.1) is 6.42 Å². The summed E-state index contributed by atoms with van der Waals surface area (Å²) in [6.45, 7) is 0. The van der Waals surface area contributed by atoms with E-state index in [4.69, 9.17) is 29.6 Å². The Labute approximate surface area is 109 Å². The molecule has 3 heteroatoms. The molecule has 0 bridgehead atoms. The predicted molar refractivity (Wildman–Crippen MR) is 69.8 cm³/mol. The molecule has 0 aliphatic carbocycles. The molecule has 2 aromatic carbocycles. The van der Waals surface area contributed by atoms with Crippen LogP contribution in [0.15, 0.2) is 36.4 Å². The van der Waals surface area contributed by atoms with Gasteiger partial charge in [-0.05, 0) is 41.5 Å². The van der Waals surface area contributed by atoms with E-state index in [2.05, 4.69) is 5.92 Å². The van der Waals surface area contributed by atoms with Gasteiger partial charge in [0, 0.05) is 10.6 Å². The van der Waals surface area contributed by atoms with Crippen LogP contribution in [0.25, 0.3) is 11.1 Å². The number of hydrogen-bond donors (Lipinski definition) is 0. The summed E-state index contributed by atoms with van der Waals surface area (Å²) < 4.78 is 13.3. The molecule has 0 nitrogen and oxygen atoms in total. The molecule has 0 unspecified atom stereocenters. The van der Waals surface area contributed by atoms with Crippen LogP contribution in [0, 0.1) is 18.2 Å². The Balaban J connectivity index is 2.56. The molecule has 0 fully saturated rings. The van der Waals surface area contributed by atoms with Crippen molar-refractivity contribution in [2.45, 2.75) is 0 Å². The van der Waals surface area contributed by atoms with Crippen LogP contribution in [0.4, 0.5) is 4.39 Å². The Morgan fingerprint density at radius 2 is 1.76 bits per heavy atom. The minimum Gasteiger partial charge on any atom is -0.205 e. The zero-order chi connectivity index (χ0) is 12.4. The molecule has 0 N–H and O–H groups in total. The van der Waals surface area contributed by atoms with Crippen LogP contribution in [-0.2, 0) is 0 Å². The van der Waals surface area contributed by atoms with Crippen molar-refractivity contribution in [3.05, 3.63) is 57.8 Å². The Hall–Kier alpha value is -1.49. The van der Waals surface area contributed by atoms with Gasteiger partial charge in [-0.3, -0.25) is 0 Å². The molecule has 0 aliphatic heterocycles. The lowest BCUT2D eigenvalue weighted by Crippen LogP contribution is -1.84. The molecule has 0 heterocycles. The van der Waals surface area contributed by atoms with Gasteiger partial charge in [-0.2, -0.15) is 0 Å². The molecule has 0 amide bonds. The van der Waals surface area contributed by atoms with Crippen LogP contribution in [0.1, 0.15) is 5.56 Å². The average Bonchev–Trinajstić information content (AvgIpc) is 2.32. The molecule has 0 saturated heterocycles. The van der Waals surface area contributed by atoms with E-state index in [0.29, 0.717) is 16.1 Å². The first kappa shape index (κ1) is 12.0. The van der Waals surface area contributed by atoms with E-state index in [9.17, 15) is 4.39 Å². The van der Waals surface area contributed by atoms with Gasteiger partial charge in [-0.25, -0.2) is 4.39 Å². The maximum Gasteiger partial charge on any atom is 0.142 e. The van der Waals surface area contributed by atoms with Gasteiger partial charge >= 0.3 is 0 Å². The van der Waals surface area contributed by atoms with Crippen molar-refractivity contribution < 1.29 is 4.39 Å². The highest BCUT2D eigenvalue weighted by atomic mass is 35.5. The van der Waals surface area contributed by atoms with Crippen LogP contribution >= 0.6 is 23.2 Å². The zero-order valence-electron chi connectivity index (χ0n) is 8.68. The fraction of sp³-hybridized carbons (Fsp3) is 0. The lowest BCUT2D eigenvalue weighted by atomic mass is 10.0. The van der Waals surface area contributed by atoms with Crippen molar-refractivity contribution in [3.63, 3.8) is 0 Å². The standard InChI is InChI=1S/C14H7Cl2F/c1-2-9-5-11(7-12(15)6-9)10-3-4-13(16)14(17)8-10/h1,3-8H. The van der Waals surface area contributed by atoms with Gasteiger partial charge in [0.05, 0.1) is 5.02 Å². The highest BCUT2D eigenvalue weighted by molar-refractivity contribution is 6.31. The van der Waals surface area contributed by atoms with Crippen molar-refractivity contribution in [1.82, 2.24) is 0 Å². The first-order valence-corrected chi connectivity index (χ1v) is 5.58. The predicted octanol–water partition coefficient (Wildman–Crippen LogP) is 4.78. The topological polar surface area (TPSA) is 0 Å². The van der Waals surface area contributed by atoms with E-state index in [1.165, 1.54) is 12.1 Å². The third-order valence-electron chi connectivity index (χ3n) is 2.32. The second-order valence-electron chi connectivity index (χ2n) is 3.50. The summed E-state index contributed by atoms with van der Waals surface area (Å²) in [6.07, 6.45) is 5.32. The van der Waals surface area contributed by atoms with Gasteiger partial charge in [0.15, 0.2) is 0 Å². The van der Waals surface area contributed by atoms with Crippen LogP contribution in [0.3, 0.4) is 0 Å². The lowest BCUT2D eigenvalue weighted by Gasteiger charge is -2.05. The van der Waals surface area contributed by atoms with Gasteiger partial charge < -0.3 is 0 Å². The van der Waals surface area contributed by atoms with Gasteiger partial charge in [-0.1, -0.05) is 35.2 Å². The van der Waals surface area contributed by atoms with E-state index in [0.717, 1.165) is 5.56 Å². The fourth-order valence-electron chi connectivity index (χ4n) is 1.52. The summed E-state index contributed by atoms with van der Waals surface area (Å²) in [5.41, 5.74) is 2.11. The SMILES string of the molecule is C#Cc1cc(Cl)cc(-c2ccc(Cl)c(F)c2)c1. The van der Waals surface area contributed by atoms with Crippen LogP contribution < -0.4 is 0 Å². The molecule has 84 valence electrons. The summed E-state index contributed by atoms with van der Waals surface area (Å²) in [6, 6.07) is 9.76. The van der Waals surface area contributed by atoms with E-state index >= 15 is 0 Å². The number of benzene rings is 2. The number of hydrogen-bond acceptors (Lipinski definition) is 0. The Morgan fingerprint density at radius 3 is 2.41 bits per heavy atom. The molecule has 2 rings (SSSR count). The van der Waals surface area contributed by atoms with Crippen LogP contribution in [0.2, 0.25) is 10.0 Å². The average molecular weight is 265 g/mol. The minimum absolute atomic E-state index is 0.0907. The summed E-state index contributed by atoms with van der Waals surface area (Å²) in [5, 5.41) is 0.610. The van der Waals surface area contributed by atoms with Gasteiger partial charge in [0.25, 0.3) is 0 Å². The zero-order valence-corrected chi connectivity index (χ0v) is 10.2. The van der Waals surface area contributed by atoms with Crippen LogP contribution in [0.5, 0.6) is 0 Å². The molecule has 0 atom stereocenters. The van der Waals surface area contributed by atoms with E-state index < -0.39 is 5.82 Å². The first-order valence-electron chi connectivity index (χ1n) is 4.83. The molecule has 0 aromatic heterocycles. The quantitative estimate of drug-likeness (QED) is 0.651. The van der Waals surface area contributed by atoms with Crippen molar-refractivity contribution in [2.75, 3.05) is 0 Å². The van der Waals surface area contributed by atoms with Crippen molar-refractivity contribution in [3.8, 4) is 23.5 Å². The summed E-state index contributed by atoms with van der Waals surface area (Å²) >= 11 is 11.6. The Kier molecular flexibility index (Phi) is 3.38. The summed E-state index contributed by atoms with van der Waals surface area (Å²) in [5.74, 6) is 2.03. The molecule has 0 saturated carbocycles. The molecule has 0 spiro atoms. The molecule has 17 heavy (non-hydrogen) atoms. The Morgan fingerprint density at radius 1 is 1.00 bits per heavy atom. The monoisotopic (exact) mass is 264 g/mol. The molecule has 0 radical (unpaired) electrons. The highest BCUT2D eigenvalue weighted by Crippen LogP contribution is 2.27. The maximum atomic E-state index is 13.3. The van der Waals surface area contributed by atoms with E-state index in [1.54, 1.807) is 24.3 Å². The first-order chi connectivity index (χ1) is 8.10. The second-order valence-corrected chi connectivity index (χ2v) is 4.35. The molecular weight excluding hydrogens is 258 g/mol. The largest absolute Gasteiger partial charge is 0.205 e. The fourth-order valence-corrected chi connectivity index (χ4v) is 1.87. The second kappa shape index (κ2) is 4.79. The molecule has 2 aromatic rings. The van der Waals surface area contributed by atoms with Crippen molar-refractivity contribution >= 4 is 23.2 Å². The van der Waals surface area contributed by atoms with Gasteiger partial charge in [0.1, 0.15) is 5.82 Å². The number of rotatable bonds is 1. The highest BCUT2D eigenvalue weighted by Gasteiger charge is 2.05. The normalized spacial score (nSPS) is 10.0. The van der Waals surface area contributed by atoms with Gasteiger partial charge in [0.2, 0.25) is 0 Å².